The van der Waals surface area contributed by atoms with E-state index in [1.807, 2.05) is 49.4 Å². The smallest absolute Gasteiger partial charge is 0.120 e. The minimum absolute atomic E-state index is 0.00968. The first-order valence-corrected chi connectivity index (χ1v) is 7.42. The SMILES string of the molecule is COc1ccc(C2=NC(C)NC(c3ccccc3O)C2)cc1. The number of para-hydroxylation sites is 1. The first kappa shape index (κ1) is 14.6. The number of hydrogen-bond acceptors (Lipinski definition) is 4. The molecule has 0 fully saturated rings. The highest BCUT2D eigenvalue weighted by Gasteiger charge is 2.24. The Morgan fingerprint density at radius 2 is 1.86 bits per heavy atom. The predicted octanol–water partition coefficient (Wildman–Crippen LogP) is 3.27. The van der Waals surface area contributed by atoms with Crippen LogP contribution in [0, 0.1) is 0 Å². The Labute approximate surface area is 130 Å². The standard InChI is InChI=1S/C18H20N2O2/c1-12-19-16(13-7-9-14(22-2)10-8-13)11-17(20-12)15-5-3-4-6-18(15)21/h3-10,12,17,20-21H,11H2,1-2H3. The lowest BCUT2D eigenvalue weighted by molar-refractivity contribution is 0.414. The normalized spacial score (nSPS) is 21.3. The van der Waals surface area contributed by atoms with Gasteiger partial charge in [-0.1, -0.05) is 18.2 Å². The molecule has 3 rings (SSSR count). The van der Waals surface area contributed by atoms with Crippen molar-refractivity contribution in [1.82, 2.24) is 5.32 Å². The molecule has 0 saturated heterocycles. The molecular formula is C18H20N2O2. The molecule has 2 aromatic rings. The Balaban J connectivity index is 1.88. The number of hydrogen-bond donors (Lipinski definition) is 2. The largest absolute Gasteiger partial charge is 0.508 e. The first-order chi connectivity index (χ1) is 10.7. The highest BCUT2D eigenvalue weighted by atomic mass is 16.5. The van der Waals surface area contributed by atoms with Gasteiger partial charge < -0.3 is 9.84 Å². The van der Waals surface area contributed by atoms with Crippen LogP contribution in [0.25, 0.3) is 0 Å². The Morgan fingerprint density at radius 1 is 1.14 bits per heavy atom. The van der Waals surface area contributed by atoms with Crippen LogP contribution in [0.1, 0.15) is 30.5 Å². The van der Waals surface area contributed by atoms with Crippen LogP contribution in [0.2, 0.25) is 0 Å². The van der Waals surface area contributed by atoms with Crippen LogP contribution < -0.4 is 10.1 Å². The Kier molecular flexibility index (Phi) is 4.11. The fourth-order valence-corrected chi connectivity index (χ4v) is 2.82. The van der Waals surface area contributed by atoms with E-state index in [-0.39, 0.29) is 12.2 Å². The number of rotatable bonds is 3. The Hall–Kier alpha value is -2.33. The molecule has 0 aliphatic carbocycles. The second kappa shape index (κ2) is 6.20. The second-order valence-corrected chi connectivity index (χ2v) is 5.46. The van der Waals surface area contributed by atoms with Crippen LogP contribution >= 0.6 is 0 Å². The summed E-state index contributed by atoms with van der Waals surface area (Å²) < 4.78 is 5.20. The fourth-order valence-electron chi connectivity index (χ4n) is 2.82. The maximum Gasteiger partial charge on any atom is 0.120 e. The molecule has 0 radical (unpaired) electrons. The van der Waals surface area contributed by atoms with E-state index in [9.17, 15) is 5.11 Å². The van der Waals surface area contributed by atoms with Crippen molar-refractivity contribution in [3.8, 4) is 11.5 Å². The predicted molar refractivity (Wildman–Crippen MR) is 87.6 cm³/mol. The molecule has 1 aliphatic rings. The Morgan fingerprint density at radius 3 is 2.55 bits per heavy atom. The fraction of sp³-hybridized carbons (Fsp3) is 0.278. The lowest BCUT2D eigenvalue weighted by Crippen LogP contribution is -2.36. The lowest BCUT2D eigenvalue weighted by Gasteiger charge is -2.28. The van der Waals surface area contributed by atoms with Crippen molar-refractivity contribution in [2.24, 2.45) is 4.99 Å². The van der Waals surface area contributed by atoms with Gasteiger partial charge in [-0.2, -0.15) is 0 Å². The van der Waals surface area contributed by atoms with Gasteiger partial charge in [0.1, 0.15) is 11.5 Å². The summed E-state index contributed by atoms with van der Waals surface area (Å²) in [5.41, 5.74) is 3.05. The molecule has 1 heterocycles. The molecule has 114 valence electrons. The zero-order valence-electron chi connectivity index (χ0n) is 12.8. The number of benzene rings is 2. The topological polar surface area (TPSA) is 53.8 Å². The number of aliphatic imine (C=N–C) groups is 1. The van der Waals surface area contributed by atoms with Crippen LogP contribution in [-0.2, 0) is 0 Å². The van der Waals surface area contributed by atoms with Crippen LogP contribution in [0.4, 0.5) is 0 Å². The number of aromatic hydroxyl groups is 1. The lowest BCUT2D eigenvalue weighted by atomic mass is 9.94. The third kappa shape index (κ3) is 2.97. The van der Waals surface area contributed by atoms with Crippen molar-refractivity contribution >= 4 is 5.71 Å². The number of ether oxygens (including phenoxy) is 1. The minimum Gasteiger partial charge on any atom is -0.508 e. The van der Waals surface area contributed by atoms with E-state index in [1.165, 1.54) is 0 Å². The molecule has 1 aliphatic heterocycles. The van der Waals surface area contributed by atoms with E-state index in [0.29, 0.717) is 5.75 Å². The molecule has 0 bridgehead atoms. The molecule has 2 atom stereocenters. The molecule has 2 unspecified atom stereocenters. The maximum atomic E-state index is 10.1. The van der Waals surface area contributed by atoms with Crippen LogP contribution in [-0.4, -0.2) is 24.1 Å². The molecule has 0 amide bonds. The number of phenols is 1. The van der Waals surface area contributed by atoms with Crippen molar-refractivity contribution in [2.75, 3.05) is 7.11 Å². The van der Waals surface area contributed by atoms with Gasteiger partial charge in [0.15, 0.2) is 0 Å². The van der Waals surface area contributed by atoms with Gasteiger partial charge in [0.2, 0.25) is 0 Å². The molecule has 2 N–H and O–H groups in total. The van der Waals surface area contributed by atoms with E-state index in [4.69, 9.17) is 9.73 Å². The van der Waals surface area contributed by atoms with Crippen molar-refractivity contribution < 1.29 is 9.84 Å². The highest BCUT2D eigenvalue weighted by Crippen LogP contribution is 2.30. The van der Waals surface area contributed by atoms with E-state index >= 15 is 0 Å². The van der Waals surface area contributed by atoms with E-state index < -0.39 is 0 Å². The summed E-state index contributed by atoms with van der Waals surface area (Å²) >= 11 is 0. The third-order valence-electron chi connectivity index (χ3n) is 3.92. The van der Waals surface area contributed by atoms with Gasteiger partial charge in [0.05, 0.1) is 13.3 Å². The molecule has 4 nitrogen and oxygen atoms in total. The van der Waals surface area contributed by atoms with Crippen LogP contribution in [0.5, 0.6) is 11.5 Å². The van der Waals surface area contributed by atoms with Gasteiger partial charge in [-0.3, -0.25) is 10.3 Å². The van der Waals surface area contributed by atoms with Crippen LogP contribution in [0.15, 0.2) is 53.5 Å². The summed E-state index contributed by atoms with van der Waals surface area (Å²) in [6.07, 6.45) is 0.754. The van der Waals surface area contributed by atoms with Gasteiger partial charge in [-0.05, 0) is 42.8 Å². The molecule has 0 spiro atoms. The quantitative estimate of drug-likeness (QED) is 0.914. The Bertz CT molecular complexity index is 680. The van der Waals surface area contributed by atoms with E-state index in [2.05, 4.69) is 5.32 Å². The van der Waals surface area contributed by atoms with Crippen molar-refractivity contribution in [3.63, 3.8) is 0 Å². The molecule has 0 aromatic heterocycles. The van der Waals surface area contributed by atoms with Crippen molar-refractivity contribution in [1.29, 1.82) is 0 Å². The molecule has 4 heteroatoms. The maximum absolute atomic E-state index is 10.1. The van der Waals surface area contributed by atoms with Gasteiger partial charge in [-0.25, -0.2) is 0 Å². The minimum atomic E-state index is 0.00968. The van der Waals surface area contributed by atoms with Gasteiger partial charge >= 0.3 is 0 Å². The average Bonchev–Trinajstić information content (AvgIpc) is 2.55. The van der Waals surface area contributed by atoms with Gasteiger partial charge in [0.25, 0.3) is 0 Å². The van der Waals surface area contributed by atoms with E-state index in [0.717, 1.165) is 29.0 Å². The molecule has 0 saturated carbocycles. The summed E-state index contributed by atoms with van der Waals surface area (Å²) in [5, 5.41) is 13.5. The molecular weight excluding hydrogens is 276 g/mol. The molecule has 2 aromatic carbocycles. The van der Waals surface area contributed by atoms with Crippen LogP contribution in [0.3, 0.4) is 0 Å². The zero-order valence-corrected chi connectivity index (χ0v) is 12.8. The number of phenolic OH excluding ortho intramolecular Hbond substituents is 1. The second-order valence-electron chi connectivity index (χ2n) is 5.46. The number of nitrogens with one attached hydrogen (secondary N) is 1. The number of nitrogens with zero attached hydrogens (tertiary/aromatic N) is 1. The summed E-state index contributed by atoms with van der Waals surface area (Å²) in [6.45, 7) is 2.02. The van der Waals surface area contributed by atoms with Gasteiger partial charge in [-0.15, -0.1) is 0 Å². The zero-order chi connectivity index (χ0) is 15.5. The monoisotopic (exact) mass is 296 g/mol. The van der Waals surface area contributed by atoms with Crippen molar-refractivity contribution in [3.05, 3.63) is 59.7 Å². The first-order valence-electron chi connectivity index (χ1n) is 7.42. The van der Waals surface area contributed by atoms with Gasteiger partial charge in [0, 0.05) is 23.7 Å². The summed E-state index contributed by atoms with van der Waals surface area (Å²) in [6, 6.07) is 15.5. The van der Waals surface area contributed by atoms with E-state index in [1.54, 1.807) is 13.2 Å². The highest BCUT2D eigenvalue weighted by molar-refractivity contribution is 6.01. The summed E-state index contributed by atoms with van der Waals surface area (Å²) in [5.74, 6) is 1.16. The average molecular weight is 296 g/mol. The molecule has 22 heavy (non-hydrogen) atoms. The third-order valence-corrected chi connectivity index (χ3v) is 3.92. The van der Waals surface area contributed by atoms with Crippen molar-refractivity contribution in [2.45, 2.75) is 25.6 Å². The number of methoxy groups -OCH3 is 1. The summed E-state index contributed by atoms with van der Waals surface area (Å²) in [4.78, 5) is 4.70. The summed E-state index contributed by atoms with van der Waals surface area (Å²) in [7, 11) is 1.66.